The van der Waals surface area contributed by atoms with E-state index in [2.05, 4.69) is 67.3 Å². The summed E-state index contributed by atoms with van der Waals surface area (Å²) in [6, 6.07) is 13.1. The molecule has 0 aliphatic heterocycles. The van der Waals surface area contributed by atoms with Gasteiger partial charge in [0.15, 0.2) is 0 Å². The summed E-state index contributed by atoms with van der Waals surface area (Å²) in [5.74, 6) is 0. The molecule has 0 bridgehead atoms. The van der Waals surface area contributed by atoms with E-state index in [1.54, 1.807) is 0 Å². The molecule has 2 aromatic carbocycles. The lowest BCUT2D eigenvalue weighted by molar-refractivity contribution is -0.641. The molecule has 0 radical (unpaired) electrons. The van der Waals surface area contributed by atoms with E-state index in [4.69, 9.17) is 0 Å². The zero-order valence-corrected chi connectivity index (χ0v) is 13.6. The number of hydrogen-bond donors (Lipinski definition) is 0. The molecule has 1 aromatic heterocycles. The van der Waals surface area contributed by atoms with Crippen LogP contribution in [0.4, 0.5) is 0 Å². The highest BCUT2D eigenvalue weighted by Gasteiger charge is 2.18. The Morgan fingerprint density at radius 2 is 2.05 bits per heavy atom. The Labute approximate surface area is 127 Å². The monoisotopic (exact) mass is 300 g/mol. The van der Waals surface area contributed by atoms with Crippen LogP contribution in [0, 0.1) is 0 Å². The molecule has 3 aromatic rings. The van der Waals surface area contributed by atoms with Crippen LogP contribution in [0.25, 0.3) is 27.1 Å². The number of thioether (sulfide) groups is 1. The summed E-state index contributed by atoms with van der Waals surface area (Å²) in [7, 11) is 2.17. The van der Waals surface area contributed by atoms with Crippen LogP contribution in [0.3, 0.4) is 0 Å². The van der Waals surface area contributed by atoms with Crippen LogP contribution in [-0.2, 0) is 7.05 Å². The van der Waals surface area contributed by atoms with E-state index >= 15 is 0 Å². The lowest BCUT2D eigenvalue weighted by Crippen LogP contribution is -2.29. The standard InChI is InChI=1S/C17H18NS2/c1-4-13(19-3)11-16-18(2)17-14-8-6-5-7-12(14)9-10-15(17)20-16/h5-11H,4H2,1-3H3/q+1/b13-11-. The minimum Gasteiger partial charge on any atom is -0.184 e. The highest BCUT2D eigenvalue weighted by Crippen LogP contribution is 2.29. The maximum Gasteiger partial charge on any atom is 0.263 e. The Bertz CT molecular complexity index is 793. The predicted octanol–water partition coefficient (Wildman–Crippen LogP) is 4.99. The quantitative estimate of drug-likeness (QED) is 0.616. The molecule has 1 heterocycles. The molecule has 0 fully saturated rings. The lowest BCUT2D eigenvalue weighted by Gasteiger charge is -1.97. The average Bonchev–Trinajstić information content (AvgIpc) is 2.81. The highest BCUT2D eigenvalue weighted by atomic mass is 32.2. The number of hydrogen-bond acceptors (Lipinski definition) is 2. The molecule has 3 rings (SSSR count). The van der Waals surface area contributed by atoms with Crippen molar-refractivity contribution in [3.05, 3.63) is 46.3 Å². The molecule has 0 aliphatic rings. The van der Waals surface area contributed by atoms with Crippen molar-refractivity contribution in [1.29, 1.82) is 0 Å². The van der Waals surface area contributed by atoms with Crippen molar-refractivity contribution in [2.75, 3.05) is 6.26 Å². The van der Waals surface area contributed by atoms with Crippen molar-refractivity contribution in [2.24, 2.45) is 7.05 Å². The van der Waals surface area contributed by atoms with E-state index in [0.29, 0.717) is 0 Å². The average molecular weight is 300 g/mol. The van der Waals surface area contributed by atoms with Crippen molar-refractivity contribution in [1.82, 2.24) is 0 Å². The summed E-state index contributed by atoms with van der Waals surface area (Å²) >= 11 is 3.71. The maximum atomic E-state index is 2.33. The van der Waals surface area contributed by atoms with Gasteiger partial charge < -0.3 is 0 Å². The third kappa shape index (κ3) is 2.25. The van der Waals surface area contributed by atoms with Crippen molar-refractivity contribution in [3.8, 4) is 0 Å². The fourth-order valence-electron chi connectivity index (χ4n) is 2.52. The molecule has 0 amide bonds. The Morgan fingerprint density at radius 3 is 2.80 bits per heavy atom. The van der Waals surface area contributed by atoms with E-state index < -0.39 is 0 Å². The van der Waals surface area contributed by atoms with E-state index in [0.717, 1.165) is 6.42 Å². The number of aromatic nitrogens is 1. The van der Waals surface area contributed by atoms with Gasteiger partial charge in [0, 0.05) is 6.08 Å². The molecule has 0 saturated carbocycles. The molecule has 0 saturated heterocycles. The van der Waals surface area contributed by atoms with Gasteiger partial charge in [-0.25, -0.2) is 0 Å². The molecule has 102 valence electrons. The molecule has 0 spiro atoms. The van der Waals surface area contributed by atoms with Gasteiger partial charge in [-0.15, -0.1) is 11.8 Å². The first-order valence-corrected chi connectivity index (χ1v) is 8.83. The molecular formula is C17H18NS2+. The van der Waals surface area contributed by atoms with Gasteiger partial charge in [-0.1, -0.05) is 42.5 Å². The van der Waals surface area contributed by atoms with Crippen LogP contribution < -0.4 is 4.57 Å². The van der Waals surface area contributed by atoms with Gasteiger partial charge in [0.25, 0.3) is 5.01 Å². The normalized spacial score (nSPS) is 12.4. The van der Waals surface area contributed by atoms with Crippen molar-refractivity contribution < 1.29 is 4.57 Å². The molecule has 1 nitrogen and oxygen atoms in total. The third-order valence-electron chi connectivity index (χ3n) is 3.64. The molecule has 0 aliphatic carbocycles. The van der Waals surface area contributed by atoms with Gasteiger partial charge in [0.05, 0.1) is 5.39 Å². The van der Waals surface area contributed by atoms with Gasteiger partial charge in [0.2, 0.25) is 5.52 Å². The molecule has 0 atom stereocenters. The fourth-order valence-corrected chi connectivity index (χ4v) is 4.25. The van der Waals surface area contributed by atoms with Crippen LogP contribution in [0.15, 0.2) is 41.3 Å². The van der Waals surface area contributed by atoms with Crippen molar-refractivity contribution in [3.63, 3.8) is 0 Å². The topological polar surface area (TPSA) is 3.88 Å². The molecule has 20 heavy (non-hydrogen) atoms. The van der Waals surface area contributed by atoms with Crippen LogP contribution >= 0.6 is 23.1 Å². The first-order valence-electron chi connectivity index (χ1n) is 6.79. The van der Waals surface area contributed by atoms with Gasteiger partial charge >= 0.3 is 0 Å². The van der Waals surface area contributed by atoms with Crippen LogP contribution in [0.5, 0.6) is 0 Å². The number of rotatable bonds is 3. The molecule has 3 heteroatoms. The number of aryl methyl sites for hydroxylation is 1. The molecule has 0 N–H and O–H groups in total. The highest BCUT2D eigenvalue weighted by molar-refractivity contribution is 8.02. The summed E-state index contributed by atoms with van der Waals surface area (Å²) in [6.45, 7) is 2.21. The van der Waals surface area contributed by atoms with Gasteiger partial charge in [-0.05, 0) is 35.1 Å². The third-order valence-corrected chi connectivity index (χ3v) is 5.72. The zero-order chi connectivity index (χ0) is 14.1. The van der Waals surface area contributed by atoms with Crippen LogP contribution in [0.2, 0.25) is 0 Å². The fraction of sp³-hybridized carbons (Fsp3) is 0.235. The second-order valence-electron chi connectivity index (χ2n) is 4.80. The minimum absolute atomic E-state index is 1.09. The van der Waals surface area contributed by atoms with Gasteiger partial charge in [-0.2, -0.15) is 4.57 Å². The van der Waals surface area contributed by atoms with Crippen molar-refractivity contribution >= 4 is 50.2 Å². The van der Waals surface area contributed by atoms with E-state index in [1.165, 1.54) is 30.9 Å². The number of nitrogens with zero attached hydrogens (tertiary/aromatic N) is 1. The largest absolute Gasteiger partial charge is 0.263 e. The second kappa shape index (κ2) is 5.58. The van der Waals surface area contributed by atoms with E-state index in [-0.39, 0.29) is 0 Å². The summed E-state index contributed by atoms with van der Waals surface area (Å²) in [4.78, 5) is 1.43. The Hall–Kier alpha value is -1.32. The first kappa shape index (κ1) is 13.7. The Kier molecular flexibility index (Phi) is 3.81. The summed E-state index contributed by atoms with van der Waals surface area (Å²) in [6.07, 6.45) is 5.57. The number of allylic oxidation sites excluding steroid dienone is 1. The smallest absolute Gasteiger partial charge is 0.184 e. The van der Waals surface area contributed by atoms with Gasteiger partial charge in [-0.3, -0.25) is 0 Å². The minimum atomic E-state index is 1.09. The van der Waals surface area contributed by atoms with Crippen LogP contribution in [-0.4, -0.2) is 6.26 Å². The Morgan fingerprint density at radius 1 is 1.25 bits per heavy atom. The number of benzene rings is 2. The van der Waals surface area contributed by atoms with Gasteiger partial charge in [0.1, 0.15) is 11.7 Å². The molecular weight excluding hydrogens is 282 g/mol. The molecule has 0 unspecified atom stereocenters. The Balaban J connectivity index is 2.30. The maximum absolute atomic E-state index is 2.33. The second-order valence-corrected chi connectivity index (χ2v) is 6.80. The summed E-state index contributed by atoms with van der Waals surface area (Å²) in [5.41, 5.74) is 1.34. The predicted molar refractivity (Wildman–Crippen MR) is 92.3 cm³/mol. The summed E-state index contributed by atoms with van der Waals surface area (Å²) in [5, 5.41) is 3.97. The van der Waals surface area contributed by atoms with E-state index in [9.17, 15) is 0 Å². The van der Waals surface area contributed by atoms with E-state index in [1.807, 2.05) is 23.1 Å². The first-order chi connectivity index (χ1) is 9.74. The zero-order valence-electron chi connectivity index (χ0n) is 12.0. The van der Waals surface area contributed by atoms with Crippen molar-refractivity contribution in [2.45, 2.75) is 13.3 Å². The SMILES string of the molecule is CC/C(=C/c1sc2ccc3ccccc3c2[n+]1C)SC. The number of thiazole rings is 1. The number of fused-ring (bicyclic) bond motifs is 3. The lowest BCUT2D eigenvalue weighted by atomic mass is 10.1. The van der Waals surface area contributed by atoms with Crippen LogP contribution in [0.1, 0.15) is 18.4 Å². The summed E-state index contributed by atoms with van der Waals surface area (Å²) < 4.78 is 3.68.